The average Bonchev–Trinajstić information content (AvgIpc) is 2.47. The van der Waals surface area contributed by atoms with Gasteiger partial charge in [-0.05, 0) is 32.9 Å². The van der Waals surface area contributed by atoms with E-state index in [-0.39, 0.29) is 11.9 Å². The lowest BCUT2D eigenvalue weighted by atomic mass is 10.1. The molecular formula is C16H20N4O2. The van der Waals surface area contributed by atoms with Crippen LogP contribution < -0.4 is 15.8 Å². The van der Waals surface area contributed by atoms with Gasteiger partial charge in [0.05, 0.1) is 17.0 Å². The summed E-state index contributed by atoms with van der Waals surface area (Å²) in [5.74, 6) is 0.606. The SMILES string of the molecule is CCNC(=O)c1c(C)nc(N)nc1C(C)Oc1ccccc1. The molecule has 0 aliphatic carbocycles. The second-order valence-corrected chi connectivity index (χ2v) is 4.86. The maximum Gasteiger partial charge on any atom is 0.255 e. The minimum atomic E-state index is -0.427. The molecule has 0 saturated carbocycles. The lowest BCUT2D eigenvalue weighted by molar-refractivity contribution is 0.0949. The van der Waals surface area contributed by atoms with Crippen molar-refractivity contribution < 1.29 is 9.53 Å². The Morgan fingerprint density at radius 2 is 2.00 bits per heavy atom. The number of nitrogen functional groups attached to an aromatic ring is 1. The van der Waals surface area contributed by atoms with Crippen molar-refractivity contribution in [2.45, 2.75) is 26.9 Å². The van der Waals surface area contributed by atoms with Crippen LogP contribution in [-0.4, -0.2) is 22.4 Å². The van der Waals surface area contributed by atoms with Gasteiger partial charge >= 0.3 is 0 Å². The number of nitrogens with one attached hydrogen (secondary N) is 1. The molecule has 1 aromatic carbocycles. The van der Waals surface area contributed by atoms with Crippen LogP contribution in [0, 0.1) is 6.92 Å². The van der Waals surface area contributed by atoms with Crippen LogP contribution in [0.25, 0.3) is 0 Å². The predicted octanol–water partition coefficient (Wildman–Crippen LogP) is 2.26. The number of para-hydroxylation sites is 1. The highest BCUT2D eigenvalue weighted by atomic mass is 16.5. The standard InChI is InChI=1S/C16H20N4O2/c1-4-18-15(21)13-10(2)19-16(17)20-14(13)11(3)22-12-8-6-5-7-9-12/h5-9,11H,4H2,1-3H3,(H,18,21)(H2,17,19,20). The number of hydrogen-bond acceptors (Lipinski definition) is 5. The molecule has 0 spiro atoms. The third-order valence-electron chi connectivity index (χ3n) is 3.14. The third-order valence-corrected chi connectivity index (χ3v) is 3.14. The average molecular weight is 300 g/mol. The maximum absolute atomic E-state index is 12.3. The van der Waals surface area contributed by atoms with Crippen molar-refractivity contribution in [3.05, 3.63) is 47.3 Å². The molecule has 1 unspecified atom stereocenters. The van der Waals surface area contributed by atoms with E-state index in [2.05, 4.69) is 15.3 Å². The molecule has 3 N–H and O–H groups in total. The minimum Gasteiger partial charge on any atom is -0.484 e. The van der Waals surface area contributed by atoms with Gasteiger partial charge < -0.3 is 15.8 Å². The summed E-state index contributed by atoms with van der Waals surface area (Å²) in [7, 11) is 0. The van der Waals surface area contributed by atoms with Crippen LogP contribution in [0.5, 0.6) is 5.75 Å². The van der Waals surface area contributed by atoms with Crippen LogP contribution in [0.15, 0.2) is 30.3 Å². The Bertz CT molecular complexity index is 659. The van der Waals surface area contributed by atoms with Crippen molar-refractivity contribution in [1.82, 2.24) is 15.3 Å². The summed E-state index contributed by atoms with van der Waals surface area (Å²) in [5, 5.41) is 2.77. The number of aryl methyl sites for hydroxylation is 1. The Morgan fingerprint density at radius 3 is 2.64 bits per heavy atom. The number of nitrogens with zero attached hydrogens (tertiary/aromatic N) is 2. The Labute approximate surface area is 129 Å². The van der Waals surface area contributed by atoms with Crippen molar-refractivity contribution in [3.63, 3.8) is 0 Å². The van der Waals surface area contributed by atoms with Gasteiger partial charge in [-0.3, -0.25) is 4.79 Å². The number of carbonyl (C=O) groups is 1. The number of amides is 1. The molecule has 1 heterocycles. The van der Waals surface area contributed by atoms with Gasteiger partial charge in [0, 0.05) is 6.54 Å². The van der Waals surface area contributed by atoms with Gasteiger partial charge in [0.2, 0.25) is 5.95 Å². The Hall–Kier alpha value is -2.63. The zero-order valence-electron chi connectivity index (χ0n) is 13.0. The zero-order chi connectivity index (χ0) is 16.1. The van der Waals surface area contributed by atoms with Gasteiger partial charge in [0.25, 0.3) is 5.91 Å². The first-order chi connectivity index (χ1) is 10.5. The van der Waals surface area contributed by atoms with Crippen molar-refractivity contribution in [2.24, 2.45) is 0 Å². The zero-order valence-corrected chi connectivity index (χ0v) is 13.0. The van der Waals surface area contributed by atoms with E-state index in [1.807, 2.05) is 44.2 Å². The number of aromatic nitrogens is 2. The molecule has 0 aliphatic rings. The van der Waals surface area contributed by atoms with E-state index >= 15 is 0 Å². The number of hydrogen-bond donors (Lipinski definition) is 2. The van der Waals surface area contributed by atoms with E-state index in [0.717, 1.165) is 0 Å². The Morgan fingerprint density at radius 1 is 1.32 bits per heavy atom. The molecule has 1 aromatic heterocycles. The molecule has 2 aromatic rings. The number of ether oxygens (including phenoxy) is 1. The van der Waals surface area contributed by atoms with Crippen LogP contribution >= 0.6 is 0 Å². The third kappa shape index (κ3) is 3.52. The smallest absolute Gasteiger partial charge is 0.255 e. The summed E-state index contributed by atoms with van der Waals surface area (Å²) in [6, 6.07) is 9.36. The normalized spacial score (nSPS) is 11.8. The molecular weight excluding hydrogens is 280 g/mol. The molecule has 22 heavy (non-hydrogen) atoms. The number of nitrogens with two attached hydrogens (primary N) is 1. The van der Waals surface area contributed by atoms with Crippen LogP contribution in [0.2, 0.25) is 0 Å². The molecule has 0 saturated heterocycles. The molecule has 0 radical (unpaired) electrons. The highest BCUT2D eigenvalue weighted by molar-refractivity contribution is 5.96. The molecule has 2 rings (SSSR count). The topological polar surface area (TPSA) is 90.1 Å². The molecule has 0 aliphatic heterocycles. The van der Waals surface area contributed by atoms with E-state index in [4.69, 9.17) is 10.5 Å². The minimum absolute atomic E-state index is 0.129. The second-order valence-electron chi connectivity index (χ2n) is 4.86. The van der Waals surface area contributed by atoms with E-state index in [1.54, 1.807) is 6.92 Å². The fourth-order valence-electron chi connectivity index (χ4n) is 2.20. The molecule has 1 amide bonds. The van der Waals surface area contributed by atoms with Crippen molar-refractivity contribution >= 4 is 11.9 Å². The first-order valence-corrected chi connectivity index (χ1v) is 7.16. The maximum atomic E-state index is 12.3. The number of carbonyl (C=O) groups excluding carboxylic acids is 1. The van der Waals surface area contributed by atoms with Crippen LogP contribution in [-0.2, 0) is 0 Å². The van der Waals surface area contributed by atoms with Gasteiger partial charge in [-0.1, -0.05) is 18.2 Å². The van der Waals surface area contributed by atoms with Crippen molar-refractivity contribution in [1.29, 1.82) is 0 Å². The predicted molar refractivity (Wildman–Crippen MR) is 84.7 cm³/mol. The largest absolute Gasteiger partial charge is 0.484 e. The molecule has 6 heteroatoms. The first-order valence-electron chi connectivity index (χ1n) is 7.16. The number of rotatable bonds is 5. The number of anilines is 1. The first kappa shape index (κ1) is 15.8. The Balaban J connectivity index is 2.38. The van der Waals surface area contributed by atoms with Gasteiger partial charge in [-0.15, -0.1) is 0 Å². The molecule has 116 valence electrons. The van der Waals surface area contributed by atoms with E-state index in [9.17, 15) is 4.79 Å². The van der Waals surface area contributed by atoms with Gasteiger partial charge in [-0.2, -0.15) is 0 Å². The van der Waals surface area contributed by atoms with Crippen LogP contribution in [0.4, 0.5) is 5.95 Å². The molecule has 6 nitrogen and oxygen atoms in total. The highest BCUT2D eigenvalue weighted by Gasteiger charge is 2.23. The van der Waals surface area contributed by atoms with Gasteiger partial charge in [0.15, 0.2) is 0 Å². The van der Waals surface area contributed by atoms with E-state index in [0.29, 0.717) is 29.2 Å². The lowest BCUT2D eigenvalue weighted by Gasteiger charge is -2.18. The van der Waals surface area contributed by atoms with Crippen LogP contribution in [0.3, 0.4) is 0 Å². The second kappa shape index (κ2) is 6.89. The summed E-state index contributed by atoms with van der Waals surface area (Å²) >= 11 is 0. The molecule has 0 fully saturated rings. The van der Waals surface area contributed by atoms with Gasteiger partial charge in [-0.25, -0.2) is 9.97 Å². The van der Waals surface area contributed by atoms with Gasteiger partial charge in [0.1, 0.15) is 11.9 Å². The summed E-state index contributed by atoms with van der Waals surface area (Å²) in [6.07, 6.45) is -0.427. The summed E-state index contributed by atoms with van der Waals surface area (Å²) < 4.78 is 5.85. The molecule has 1 atom stereocenters. The summed E-state index contributed by atoms with van der Waals surface area (Å²) in [5.41, 5.74) is 7.17. The Kier molecular flexibility index (Phi) is 4.93. The summed E-state index contributed by atoms with van der Waals surface area (Å²) in [6.45, 7) is 5.95. The highest BCUT2D eigenvalue weighted by Crippen LogP contribution is 2.24. The van der Waals surface area contributed by atoms with Crippen molar-refractivity contribution in [2.75, 3.05) is 12.3 Å². The van der Waals surface area contributed by atoms with Crippen LogP contribution in [0.1, 0.15) is 41.7 Å². The fraction of sp³-hybridized carbons (Fsp3) is 0.312. The van der Waals surface area contributed by atoms with Crippen molar-refractivity contribution in [3.8, 4) is 5.75 Å². The quantitative estimate of drug-likeness (QED) is 0.884. The molecule has 0 bridgehead atoms. The van der Waals surface area contributed by atoms with E-state index < -0.39 is 6.10 Å². The summed E-state index contributed by atoms with van der Waals surface area (Å²) in [4.78, 5) is 20.6. The monoisotopic (exact) mass is 300 g/mol. The lowest BCUT2D eigenvalue weighted by Crippen LogP contribution is -2.27. The number of benzene rings is 1. The van der Waals surface area contributed by atoms with E-state index in [1.165, 1.54) is 0 Å². The fourth-order valence-corrected chi connectivity index (χ4v) is 2.20.